The Morgan fingerprint density at radius 3 is 2.33 bits per heavy atom. The first kappa shape index (κ1) is 14.4. The zero-order chi connectivity index (χ0) is 13.4. The van der Waals surface area contributed by atoms with Crippen molar-refractivity contribution in [3.63, 3.8) is 0 Å². The summed E-state index contributed by atoms with van der Waals surface area (Å²) < 4.78 is 0. The Bertz CT molecular complexity index is 438. The predicted octanol–water partition coefficient (Wildman–Crippen LogP) is 5.15. The fourth-order valence-electron chi connectivity index (χ4n) is 1.99. The van der Waals surface area contributed by atoms with Crippen molar-refractivity contribution in [2.24, 2.45) is 4.99 Å². The summed E-state index contributed by atoms with van der Waals surface area (Å²) >= 11 is 0. The van der Waals surface area contributed by atoms with E-state index in [1.54, 1.807) is 0 Å². The fourth-order valence-corrected chi connectivity index (χ4v) is 1.99. The molecule has 0 fully saturated rings. The summed E-state index contributed by atoms with van der Waals surface area (Å²) in [5.74, 6) is 0. The van der Waals surface area contributed by atoms with Gasteiger partial charge in [-0.1, -0.05) is 50.3 Å². The molecule has 0 bridgehead atoms. The van der Waals surface area contributed by atoms with Crippen LogP contribution in [0.2, 0.25) is 0 Å². The molecule has 0 saturated carbocycles. The van der Waals surface area contributed by atoms with Crippen LogP contribution in [0.3, 0.4) is 0 Å². The molecule has 1 rings (SSSR count). The highest BCUT2D eigenvalue weighted by atomic mass is 14.8. The summed E-state index contributed by atoms with van der Waals surface area (Å²) in [6.07, 6.45) is 4.91. The summed E-state index contributed by atoms with van der Waals surface area (Å²) in [5, 5.41) is 0. The number of nitrogens with zero attached hydrogens (tertiary/aromatic N) is 1. The average Bonchev–Trinajstić information content (AvgIpc) is 2.43. The van der Waals surface area contributed by atoms with Crippen molar-refractivity contribution in [2.45, 2.75) is 40.0 Å². The van der Waals surface area contributed by atoms with Crippen molar-refractivity contribution in [3.05, 3.63) is 59.8 Å². The van der Waals surface area contributed by atoms with Crippen LogP contribution in [0.25, 0.3) is 0 Å². The maximum absolute atomic E-state index is 4.80. The molecular weight excluding hydrogens is 218 g/mol. The number of hydrogen-bond donors (Lipinski definition) is 0. The van der Waals surface area contributed by atoms with Gasteiger partial charge in [0.2, 0.25) is 0 Å². The Hall–Kier alpha value is -1.63. The minimum atomic E-state index is 0.936. The normalized spacial score (nSPS) is 13.2. The molecule has 0 aliphatic rings. The van der Waals surface area contributed by atoms with Crippen LogP contribution in [0.5, 0.6) is 0 Å². The highest BCUT2D eigenvalue weighted by molar-refractivity contribution is 5.99. The molecule has 0 saturated heterocycles. The van der Waals surface area contributed by atoms with E-state index in [4.69, 9.17) is 4.99 Å². The van der Waals surface area contributed by atoms with Gasteiger partial charge in [0.05, 0.1) is 0 Å². The van der Waals surface area contributed by atoms with Gasteiger partial charge in [-0.3, -0.25) is 4.99 Å². The van der Waals surface area contributed by atoms with Gasteiger partial charge in [-0.15, -0.1) is 6.58 Å². The van der Waals surface area contributed by atoms with Crippen LogP contribution in [0.4, 0.5) is 0 Å². The first-order valence-corrected chi connectivity index (χ1v) is 6.65. The Kier molecular flexibility index (Phi) is 6.13. The summed E-state index contributed by atoms with van der Waals surface area (Å²) in [6.45, 7) is 10.2. The summed E-state index contributed by atoms with van der Waals surface area (Å²) in [5.41, 5.74) is 4.88. The molecule has 0 aliphatic carbocycles. The lowest BCUT2D eigenvalue weighted by molar-refractivity contribution is 0.930. The number of aliphatic imine (C=N–C) groups is 1. The van der Waals surface area contributed by atoms with E-state index in [1.165, 1.54) is 16.8 Å². The van der Waals surface area contributed by atoms with E-state index in [1.807, 2.05) is 24.3 Å². The molecule has 0 aliphatic heterocycles. The molecule has 0 radical (unpaired) electrons. The topological polar surface area (TPSA) is 12.4 Å². The van der Waals surface area contributed by atoms with E-state index >= 15 is 0 Å². The van der Waals surface area contributed by atoms with Gasteiger partial charge in [-0.25, -0.2) is 0 Å². The molecule has 0 N–H and O–H groups in total. The van der Waals surface area contributed by atoms with Crippen molar-refractivity contribution in [1.29, 1.82) is 0 Å². The Labute approximate surface area is 111 Å². The van der Waals surface area contributed by atoms with Gasteiger partial charge in [-0.2, -0.15) is 0 Å². The van der Waals surface area contributed by atoms with Crippen molar-refractivity contribution in [1.82, 2.24) is 0 Å². The predicted molar refractivity (Wildman–Crippen MR) is 81.1 cm³/mol. The first-order valence-electron chi connectivity index (χ1n) is 6.65. The molecule has 18 heavy (non-hydrogen) atoms. The summed E-state index contributed by atoms with van der Waals surface area (Å²) in [7, 11) is 0. The number of allylic oxidation sites excluding steroid dienone is 3. The average molecular weight is 241 g/mol. The monoisotopic (exact) mass is 241 g/mol. The molecule has 0 heterocycles. The van der Waals surface area contributed by atoms with Crippen LogP contribution >= 0.6 is 0 Å². The SMILES string of the molecule is C=CC/C(CC)=C(/CC)N=C(C)c1ccccc1. The number of hydrogen-bond acceptors (Lipinski definition) is 1. The fraction of sp³-hybridized carbons (Fsp3) is 0.353. The number of rotatable bonds is 6. The molecule has 1 nitrogen and oxygen atoms in total. The van der Waals surface area contributed by atoms with Gasteiger partial charge >= 0.3 is 0 Å². The van der Waals surface area contributed by atoms with E-state index in [-0.39, 0.29) is 0 Å². The molecule has 0 unspecified atom stereocenters. The second-order valence-corrected chi connectivity index (χ2v) is 4.31. The van der Waals surface area contributed by atoms with Gasteiger partial charge < -0.3 is 0 Å². The minimum absolute atomic E-state index is 0.936. The third-order valence-corrected chi connectivity index (χ3v) is 3.05. The maximum atomic E-state index is 4.80. The van der Waals surface area contributed by atoms with Gasteiger partial charge in [0, 0.05) is 11.4 Å². The van der Waals surface area contributed by atoms with E-state index in [2.05, 4.69) is 39.5 Å². The first-order chi connectivity index (χ1) is 8.72. The quantitative estimate of drug-likeness (QED) is 0.482. The minimum Gasteiger partial charge on any atom is -0.258 e. The Morgan fingerprint density at radius 2 is 1.83 bits per heavy atom. The van der Waals surface area contributed by atoms with Gasteiger partial charge in [-0.05, 0) is 37.3 Å². The zero-order valence-corrected chi connectivity index (χ0v) is 11.7. The van der Waals surface area contributed by atoms with Crippen molar-refractivity contribution in [2.75, 3.05) is 0 Å². The van der Waals surface area contributed by atoms with Crippen LogP contribution in [0.1, 0.15) is 45.6 Å². The van der Waals surface area contributed by atoms with Crippen molar-refractivity contribution < 1.29 is 0 Å². The third-order valence-electron chi connectivity index (χ3n) is 3.05. The molecule has 0 aromatic heterocycles. The molecular formula is C17H23N. The van der Waals surface area contributed by atoms with Crippen LogP contribution in [-0.2, 0) is 0 Å². The van der Waals surface area contributed by atoms with E-state index < -0.39 is 0 Å². The van der Waals surface area contributed by atoms with Gasteiger partial charge in [0.15, 0.2) is 0 Å². The van der Waals surface area contributed by atoms with Crippen molar-refractivity contribution >= 4 is 5.71 Å². The van der Waals surface area contributed by atoms with Crippen LogP contribution < -0.4 is 0 Å². The second kappa shape index (κ2) is 7.65. The summed E-state index contributed by atoms with van der Waals surface area (Å²) in [6, 6.07) is 10.3. The molecule has 0 atom stereocenters. The lowest BCUT2D eigenvalue weighted by Crippen LogP contribution is -1.97. The Balaban J connectivity index is 3.07. The molecule has 0 spiro atoms. The van der Waals surface area contributed by atoms with E-state index in [9.17, 15) is 0 Å². The lowest BCUT2D eigenvalue weighted by atomic mass is 10.1. The zero-order valence-electron chi connectivity index (χ0n) is 11.7. The van der Waals surface area contributed by atoms with Crippen LogP contribution in [-0.4, -0.2) is 5.71 Å². The standard InChI is InChI=1S/C17H23N/c1-5-11-15(6-2)17(7-3)18-14(4)16-12-9-8-10-13-16/h5,8-10,12-13H,1,6-7,11H2,2-4H3/b17-15-,18-14?. The lowest BCUT2D eigenvalue weighted by Gasteiger charge is -2.09. The smallest absolute Gasteiger partial charge is 0.0448 e. The molecule has 0 amide bonds. The third kappa shape index (κ3) is 3.99. The van der Waals surface area contributed by atoms with Gasteiger partial charge in [0.25, 0.3) is 0 Å². The largest absolute Gasteiger partial charge is 0.258 e. The highest BCUT2D eigenvalue weighted by Gasteiger charge is 2.03. The molecule has 1 aromatic carbocycles. The van der Waals surface area contributed by atoms with Crippen LogP contribution in [0, 0.1) is 0 Å². The maximum Gasteiger partial charge on any atom is 0.0448 e. The van der Waals surface area contributed by atoms with E-state index in [0.717, 1.165) is 25.0 Å². The molecule has 96 valence electrons. The molecule has 1 aromatic rings. The summed E-state index contributed by atoms with van der Waals surface area (Å²) in [4.78, 5) is 4.80. The molecule has 1 heteroatoms. The van der Waals surface area contributed by atoms with E-state index in [0.29, 0.717) is 0 Å². The highest BCUT2D eigenvalue weighted by Crippen LogP contribution is 2.19. The van der Waals surface area contributed by atoms with Gasteiger partial charge in [0.1, 0.15) is 0 Å². The van der Waals surface area contributed by atoms with Crippen molar-refractivity contribution in [3.8, 4) is 0 Å². The second-order valence-electron chi connectivity index (χ2n) is 4.31. The van der Waals surface area contributed by atoms with Crippen LogP contribution in [0.15, 0.2) is 59.2 Å². The Morgan fingerprint density at radius 1 is 1.17 bits per heavy atom. The number of benzene rings is 1.